The molecule has 0 atom stereocenters. The van der Waals surface area contributed by atoms with E-state index >= 15 is 0 Å². The maximum absolute atomic E-state index is 13.9. The smallest absolute Gasteiger partial charge is 0.406 e. The standard InChI is InChI=1S/C28H22F3N5O2S2/c1-3-33-20-11-9-18(15-32)13-21(20)34-27-36(16-17-7-5-4-6-8-17)25(37)24(40-27)26-35(2)22-12-10-19(14-23(22)39-26)38-28(29,30)31/h4-14,33H,3,16H2,1-2H3/b26-24-,34-27?. The van der Waals surface area contributed by atoms with Gasteiger partial charge in [-0.25, -0.2) is 4.99 Å². The summed E-state index contributed by atoms with van der Waals surface area (Å²) in [4.78, 5) is 23.0. The van der Waals surface area contributed by atoms with Crippen molar-refractivity contribution >= 4 is 51.7 Å². The van der Waals surface area contributed by atoms with E-state index in [4.69, 9.17) is 4.99 Å². The van der Waals surface area contributed by atoms with Gasteiger partial charge in [0.2, 0.25) is 0 Å². The van der Waals surface area contributed by atoms with Gasteiger partial charge < -0.3 is 15.0 Å². The third kappa shape index (κ3) is 5.76. The second-order valence-electron chi connectivity index (χ2n) is 8.72. The van der Waals surface area contributed by atoms with Crippen LogP contribution in [0, 0.1) is 11.3 Å². The third-order valence-electron chi connectivity index (χ3n) is 5.99. The van der Waals surface area contributed by atoms with E-state index in [2.05, 4.69) is 16.1 Å². The van der Waals surface area contributed by atoms with Crippen molar-refractivity contribution in [2.24, 2.45) is 4.99 Å². The van der Waals surface area contributed by atoms with Crippen LogP contribution in [0.2, 0.25) is 0 Å². The molecule has 5 rings (SSSR count). The van der Waals surface area contributed by atoms with E-state index in [9.17, 15) is 23.2 Å². The Hall–Kier alpha value is -4.08. The predicted octanol–water partition coefficient (Wildman–Crippen LogP) is 7.06. The molecule has 3 aromatic rings. The van der Waals surface area contributed by atoms with Crippen molar-refractivity contribution in [2.45, 2.75) is 24.7 Å². The molecule has 2 aliphatic heterocycles. The highest BCUT2D eigenvalue weighted by Gasteiger charge is 2.40. The molecule has 1 saturated heterocycles. The van der Waals surface area contributed by atoms with Crippen molar-refractivity contribution in [1.82, 2.24) is 4.90 Å². The van der Waals surface area contributed by atoms with Crippen molar-refractivity contribution in [3.63, 3.8) is 0 Å². The number of ether oxygens (including phenoxy) is 1. The molecular weight excluding hydrogens is 559 g/mol. The highest BCUT2D eigenvalue weighted by atomic mass is 32.2. The number of hydrogen-bond acceptors (Lipinski definition) is 8. The number of nitrogens with one attached hydrogen (secondary N) is 1. The quantitative estimate of drug-likeness (QED) is 0.312. The number of nitriles is 1. The summed E-state index contributed by atoms with van der Waals surface area (Å²) in [6.07, 6.45) is -4.81. The molecule has 0 radical (unpaired) electrons. The third-order valence-corrected chi connectivity index (χ3v) is 8.40. The van der Waals surface area contributed by atoms with E-state index in [0.29, 0.717) is 43.5 Å². The second kappa shape index (κ2) is 11.2. The van der Waals surface area contributed by atoms with E-state index in [1.807, 2.05) is 37.3 Å². The Morgan fingerprint density at radius 3 is 2.55 bits per heavy atom. The van der Waals surface area contributed by atoms with Crippen LogP contribution < -0.4 is 15.0 Å². The Morgan fingerprint density at radius 2 is 1.85 bits per heavy atom. The minimum Gasteiger partial charge on any atom is -0.406 e. The molecule has 1 amide bonds. The topological polar surface area (TPSA) is 81.0 Å². The normalized spacial score (nSPS) is 17.8. The van der Waals surface area contributed by atoms with E-state index in [1.54, 1.807) is 35.0 Å². The van der Waals surface area contributed by atoms with Crippen molar-refractivity contribution < 1.29 is 22.7 Å². The second-order valence-corrected chi connectivity index (χ2v) is 10.7. The maximum atomic E-state index is 13.9. The van der Waals surface area contributed by atoms with Crippen LogP contribution in [0.3, 0.4) is 0 Å². The van der Waals surface area contributed by atoms with Gasteiger partial charge in [0.15, 0.2) is 5.17 Å². The predicted molar refractivity (Wildman–Crippen MR) is 151 cm³/mol. The highest BCUT2D eigenvalue weighted by Crippen LogP contribution is 2.51. The van der Waals surface area contributed by atoms with Gasteiger partial charge in [-0.2, -0.15) is 5.26 Å². The molecule has 0 aliphatic carbocycles. The summed E-state index contributed by atoms with van der Waals surface area (Å²) in [6.45, 7) is 2.85. The van der Waals surface area contributed by atoms with Crippen LogP contribution in [0.4, 0.5) is 30.2 Å². The van der Waals surface area contributed by atoms with E-state index in [0.717, 1.165) is 11.3 Å². The van der Waals surface area contributed by atoms with E-state index < -0.39 is 6.36 Å². The lowest BCUT2D eigenvalue weighted by Gasteiger charge is -2.17. The summed E-state index contributed by atoms with van der Waals surface area (Å²) in [5.41, 5.74) is 3.23. The number of alkyl halides is 3. The number of aliphatic imine (C=N–C) groups is 1. The lowest BCUT2D eigenvalue weighted by atomic mass is 10.2. The first-order valence-corrected chi connectivity index (χ1v) is 13.8. The molecule has 0 bridgehead atoms. The maximum Gasteiger partial charge on any atom is 0.573 e. The zero-order chi connectivity index (χ0) is 28.4. The van der Waals surface area contributed by atoms with Gasteiger partial charge in [-0.1, -0.05) is 42.1 Å². The average Bonchev–Trinajstić information content (AvgIpc) is 3.40. The molecule has 1 fully saturated rings. The summed E-state index contributed by atoms with van der Waals surface area (Å²) in [5.74, 6) is -0.604. The van der Waals surface area contributed by atoms with Gasteiger partial charge in [0.1, 0.15) is 10.7 Å². The van der Waals surface area contributed by atoms with Crippen molar-refractivity contribution in [1.29, 1.82) is 5.26 Å². The number of carbonyl (C=O) groups excluding carboxylic acids is 1. The van der Waals surface area contributed by atoms with Gasteiger partial charge in [0.25, 0.3) is 5.91 Å². The number of benzene rings is 3. The van der Waals surface area contributed by atoms with Crippen molar-refractivity contribution in [3.8, 4) is 11.8 Å². The molecular formula is C28H22F3N5O2S2. The number of fused-ring (bicyclic) bond motifs is 1. The first-order valence-electron chi connectivity index (χ1n) is 12.1. The number of thioether (sulfide) groups is 2. The number of carbonyl (C=O) groups is 1. The summed E-state index contributed by atoms with van der Waals surface area (Å²) < 4.78 is 42.4. The Labute approximate surface area is 237 Å². The van der Waals surface area contributed by atoms with Gasteiger partial charge in [-0.15, -0.1) is 13.2 Å². The molecule has 7 nitrogen and oxygen atoms in total. The molecule has 1 N–H and O–H groups in total. The summed E-state index contributed by atoms with van der Waals surface area (Å²) in [6, 6.07) is 20.8. The Balaban J connectivity index is 1.56. The van der Waals surface area contributed by atoms with Gasteiger partial charge >= 0.3 is 6.36 Å². The number of amides is 1. The molecule has 2 heterocycles. The van der Waals surface area contributed by atoms with Gasteiger partial charge in [0.05, 0.1) is 40.3 Å². The number of hydrogen-bond donors (Lipinski definition) is 1. The number of halogens is 3. The molecule has 12 heteroatoms. The summed E-state index contributed by atoms with van der Waals surface area (Å²) in [5, 5.41) is 13.7. The Kier molecular flexibility index (Phi) is 7.69. The number of rotatable bonds is 6. The molecule has 0 unspecified atom stereocenters. The lowest BCUT2D eigenvalue weighted by molar-refractivity contribution is -0.274. The molecule has 204 valence electrons. The number of anilines is 2. The largest absolute Gasteiger partial charge is 0.573 e. The fourth-order valence-electron chi connectivity index (χ4n) is 4.19. The monoisotopic (exact) mass is 581 g/mol. The summed E-state index contributed by atoms with van der Waals surface area (Å²) >= 11 is 2.39. The highest BCUT2D eigenvalue weighted by molar-refractivity contribution is 8.19. The van der Waals surface area contributed by atoms with Gasteiger partial charge in [0, 0.05) is 18.5 Å². The van der Waals surface area contributed by atoms with Crippen molar-refractivity contribution in [2.75, 3.05) is 23.8 Å². The van der Waals surface area contributed by atoms with Crippen LogP contribution in [-0.2, 0) is 11.3 Å². The molecule has 0 aromatic heterocycles. The molecule has 0 saturated carbocycles. The Bertz CT molecular complexity index is 1570. The molecule has 40 heavy (non-hydrogen) atoms. The van der Waals surface area contributed by atoms with Crippen LogP contribution >= 0.6 is 23.5 Å². The minimum absolute atomic E-state index is 0.266. The zero-order valence-electron chi connectivity index (χ0n) is 21.3. The van der Waals surface area contributed by atoms with Crippen LogP contribution in [-0.4, -0.2) is 35.9 Å². The summed E-state index contributed by atoms with van der Waals surface area (Å²) in [7, 11) is 1.76. The van der Waals surface area contributed by atoms with Crippen LogP contribution in [0.15, 0.2) is 86.6 Å². The van der Waals surface area contributed by atoms with E-state index in [1.165, 1.54) is 41.7 Å². The fourth-order valence-corrected chi connectivity index (χ4v) is 6.56. The SMILES string of the molecule is CCNc1ccc(C#N)cc1N=C1S/C(=C2\Sc3cc(OC(F)(F)F)ccc3N2C)C(=O)N1Cc1ccccc1. The number of amidine groups is 1. The minimum atomic E-state index is -4.81. The number of nitrogens with zero attached hydrogens (tertiary/aromatic N) is 4. The molecule has 0 spiro atoms. The molecule has 2 aliphatic rings. The van der Waals surface area contributed by atoms with Crippen LogP contribution in [0.1, 0.15) is 18.1 Å². The fraction of sp³-hybridized carbons (Fsp3) is 0.179. The van der Waals surface area contributed by atoms with Crippen molar-refractivity contribution in [3.05, 3.63) is 87.8 Å². The van der Waals surface area contributed by atoms with Crippen LogP contribution in [0.5, 0.6) is 5.75 Å². The first-order chi connectivity index (χ1) is 19.2. The Morgan fingerprint density at radius 1 is 1.07 bits per heavy atom. The average molecular weight is 582 g/mol. The van der Waals surface area contributed by atoms with Gasteiger partial charge in [-0.3, -0.25) is 9.69 Å². The van der Waals surface area contributed by atoms with Crippen LogP contribution in [0.25, 0.3) is 0 Å². The molecule has 3 aromatic carbocycles. The first kappa shape index (κ1) is 27.5. The lowest BCUT2D eigenvalue weighted by Crippen LogP contribution is -2.29. The zero-order valence-corrected chi connectivity index (χ0v) is 23.0. The van der Waals surface area contributed by atoms with Gasteiger partial charge in [-0.05, 0) is 60.6 Å². The van der Waals surface area contributed by atoms with E-state index in [-0.39, 0.29) is 18.2 Å².